The molecule has 1 aromatic heterocycles. The highest BCUT2D eigenvalue weighted by Gasteiger charge is 2.32. The average molecular weight is 398 g/mol. The SMILES string of the molecule is COc1ccc2c(c1)OC(C)(C)CN(C(=O)Nc1ccn(CC(F)(F)F)n1)C2. The predicted molar refractivity (Wildman–Crippen MR) is 95.4 cm³/mol. The van der Waals surface area contributed by atoms with Crippen LogP contribution in [0.15, 0.2) is 30.5 Å². The van der Waals surface area contributed by atoms with Crippen molar-refractivity contribution in [1.29, 1.82) is 0 Å². The van der Waals surface area contributed by atoms with Gasteiger partial charge in [0, 0.05) is 23.9 Å². The molecule has 152 valence electrons. The van der Waals surface area contributed by atoms with Crippen molar-refractivity contribution in [2.75, 3.05) is 19.0 Å². The number of fused-ring (bicyclic) bond motifs is 1. The second-order valence-corrected chi connectivity index (χ2v) is 7.14. The van der Waals surface area contributed by atoms with E-state index in [1.807, 2.05) is 19.9 Å². The number of methoxy groups -OCH3 is 1. The van der Waals surface area contributed by atoms with Gasteiger partial charge in [0.2, 0.25) is 0 Å². The van der Waals surface area contributed by atoms with Gasteiger partial charge in [0.15, 0.2) is 5.82 Å². The molecule has 1 N–H and O–H groups in total. The summed E-state index contributed by atoms with van der Waals surface area (Å²) in [6.45, 7) is 3.03. The van der Waals surface area contributed by atoms with Gasteiger partial charge < -0.3 is 14.4 Å². The van der Waals surface area contributed by atoms with Gasteiger partial charge in [-0.2, -0.15) is 18.3 Å². The Morgan fingerprint density at radius 2 is 2.11 bits per heavy atom. The Morgan fingerprint density at radius 3 is 2.79 bits per heavy atom. The number of rotatable bonds is 3. The maximum absolute atomic E-state index is 12.7. The van der Waals surface area contributed by atoms with E-state index >= 15 is 0 Å². The second-order valence-electron chi connectivity index (χ2n) is 7.14. The van der Waals surface area contributed by atoms with Crippen molar-refractivity contribution in [2.45, 2.75) is 38.7 Å². The molecule has 2 heterocycles. The molecule has 0 saturated heterocycles. The lowest BCUT2D eigenvalue weighted by Gasteiger charge is -2.29. The van der Waals surface area contributed by atoms with Crippen molar-refractivity contribution >= 4 is 11.8 Å². The molecule has 0 fully saturated rings. The summed E-state index contributed by atoms with van der Waals surface area (Å²) in [4.78, 5) is 14.2. The molecule has 1 aromatic carbocycles. The summed E-state index contributed by atoms with van der Waals surface area (Å²) in [5.41, 5.74) is 0.119. The largest absolute Gasteiger partial charge is 0.497 e. The molecule has 3 rings (SSSR count). The number of nitrogens with one attached hydrogen (secondary N) is 1. The molecule has 0 spiro atoms. The van der Waals surface area contributed by atoms with E-state index in [4.69, 9.17) is 9.47 Å². The monoisotopic (exact) mass is 398 g/mol. The number of hydrogen-bond acceptors (Lipinski definition) is 4. The number of halogens is 3. The van der Waals surface area contributed by atoms with E-state index in [0.29, 0.717) is 11.5 Å². The minimum absolute atomic E-state index is 0.0483. The van der Waals surface area contributed by atoms with Crippen molar-refractivity contribution in [3.8, 4) is 11.5 Å². The Balaban J connectivity index is 1.75. The summed E-state index contributed by atoms with van der Waals surface area (Å²) in [5, 5.41) is 6.29. The zero-order chi connectivity index (χ0) is 20.5. The summed E-state index contributed by atoms with van der Waals surface area (Å²) in [6, 6.07) is 6.19. The first-order chi connectivity index (χ1) is 13.0. The van der Waals surface area contributed by atoms with Crippen LogP contribution in [-0.4, -0.2) is 46.1 Å². The van der Waals surface area contributed by atoms with Crippen molar-refractivity contribution in [3.05, 3.63) is 36.0 Å². The number of ether oxygens (including phenoxy) is 2. The van der Waals surface area contributed by atoms with Crippen LogP contribution in [-0.2, 0) is 13.1 Å². The third-order valence-corrected chi connectivity index (χ3v) is 4.10. The minimum atomic E-state index is -4.38. The number of carbonyl (C=O) groups excluding carboxylic acids is 1. The summed E-state index contributed by atoms with van der Waals surface area (Å²) in [5.74, 6) is 1.31. The lowest BCUT2D eigenvalue weighted by Crippen LogP contribution is -2.44. The first kappa shape index (κ1) is 19.8. The second kappa shape index (κ2) is 7.25. The highest BCUT2D eigenvalue weighted by Crippen LogP contribution is 2.32. The highest BCUT2D eigenvalue weighted by molar-refractivity contribution is 5.88. The minimum Gasteiger partial charge on any atom is -0.497 e. The van der Waals surface area contributed by atoms with Gasteiger partial charge in [0.1, 0.15) is 23.6 Å². The standard InChI is InChI=1S/C18H21F3N4O3/c1-17(2)10-24(9-12-4-5-13(27-3)8-14(12)28-17)16(26)22-15-6-7-25(23-15)11-18(19,20)21/h4-8H,9-11H2,1-3H3,(H,22,23,26). The number of urea groups is 1. The Morgan fingerprint density at radius 1 is 1.36 bits per heavy atom. The number of nitrogens with zero attached hydrogens (tertiary/aromatic N) is 3. The molecule has 1 aliphatic rings. The Kier molecular flexibility index (Phi) is 5.14. The van der Waals surface area contributed by atoms with Crippen molar-refractivity contribution in [1.82, 2.24) is 14.7 Å². The Labute approximate surface area is 160 Å². The highest BCUT2D eigenvalue weighted by atomic mass is 19.4. The number of carbonyl (C=O) groups is 1. The fraction of sp³-hybridized carbons (Fsp3) is 0.444. The molecule has 0 aliphatic carbocycles. The molecule has 1 aliphatic heterocycles. The summed E-state index contributed by atoms with van der Waals surface area (Å²) in [6.07, 6.45) is -3.22. The van der Waals surface area contributed by atoms with Gasteiger partial charge >= 0.3 is 12.2 Å². The van der Waals surface area contributed by atoms with E-state index < -0.39 is 24.4 Å². The summed E-state index contributed by atoms with van der Waals surface area (Å²) >= 11 is 0. The smallest absolute Gasteiger partial charge is 0.408 e. The van der Waals surface area contributed by atoms with Crippen molar-refractivity contribution in [3.63, 3.8) is 0 Å². The summed E-state index contributed by atoms with van der Waals surface area (Å²) < 4.78 is 49.3. The van der Waals surface area contributed by atoms with Gasteiger partial charge in [-0.15, -0.1) is 0 Å². The van der Waals surface area contributed by atoms with Gasteiger partial charge in [0.05, 0.1) is 20.2 Å². The Bertz CT molecular complexity index is 864. The van der Waals surface area contributed by atoms with Crippen LogP contribution in [0.4, 0.5) is 23.8 Å². The van der Waals surface area contributed by atoms with Crippen LogP contribution in [0.5, 0.6) is 11.5 Å². The fourth-order valence-corrected chi connectivity index (χ4v) is 2.97. The first-order valence-corrected chi connectivity index (χ1v) is 8.57. The van der Waals surface area contributed by atoms with Crippen LogP contribution < -0.4 is 14.8 Å². The van der Waals surface area contributed by atoms with Gasteiger partial charge in [-0.05, 0) is 26.0 Å². The number of anilines is 1. The fourth-order valence-electron chi connectivity index (χ4n) is 2.97. The maximum Gasteiger partial charge on any atom is 0.408 e. The van der Waals surface area contributed by atoms with Crippen LogP contribution in [0.3, 0.4) is 0 Å². The molecule has 0 atom stereocenters. The quantitative estimate of drug-likeness (QED) is 0.857. The predicted octanol–water partition coefficient (Wildman–Crippen LogP) is 3.66. The van der Waals surface area contributed by atoms with Gasteiger partial charge in [-0.1, -0.05) is 0 Å². The Hall–Kier alpha value is -2.91. The first-order valence-electron chi connectivity index (χ1n) is 8.57. The molecule has 28 heavy (non-hydrogen) atoms. The van der Waals surface area contributed by atoms with Gasteiger partial charge in [-0.25, -0.2) is 4.79 Å². The van der Waals surface area contributed by atoms with Crippen molar-refractivity contribution < 1.29 is 27.4 Å². The van der Waals surface area contributed by atoms with E-state index in [1.54, 1.807) is 19.2 Å². The lowest BCUT2D eigenvalue weighted by molar-refractivity contribution is -0.142. The molecule has 0 saturated carbocycles. The molecule has 2 amide bonds. The molecular weight excluding hydrogens is 377 g/mol. The third-order valence-electron chi connectivity index (χ3n) is 4.10. The molecule has 7 nitrogen and oxygen atoms in total. The van der Waals surface area contributed by atoms with E-state index in [1.165, 1.54) is 17.2 Å². The number of alkyl halides is 3. The zero-order valence-electron chi connectivity index (χ0n) is 15.7. The summed E-state index contributed by atoms with van der Waals surface area (Å²) in [7, 11) is 1.56. The number of aromatic nitrogens is 2. The normalized spacial score (nSPS) is 16.0. The number of benzene rings is 1. The average Bonchev–Trinajstić information content (AvgIpc) is 2.93. The molecule has 0 radical (unpaired) electrons. The van der Waals surface area contributed by atoms with Gasteiger partial charge in [0.25, 0.3) is 0 Å². The molecule has 10 heteroatoms. The van der Waals surface area contributed by atoms with Crippen LogP contribution in [0.25, 0.3) is 0 Å². The van der Waals surface area contributed by atoms with Gasteiger partial charge in [-0.3, -0.25) is 10.00 Å². The molecule has 0 bridgehead atoms. The van der Waals surface area contributed by atoms with Crippen molar-refractivity contribution in [2.24, 2.45) is 0 Å². The topological polar surface area (TPSA) is 68.6 Å². The number of hydrogen-bond donors (Lipinski definition) is 1. The van der Waals surface area contributed by atoms with Crippen LogP contribution in [0.2, 0.25) is 0 Å². The van der Waals surface area contributed by atoms with E-state index in [2.05, 4.69) is 10.4 Å². The van der Waals surface area contributed by atoms with E-state index in [-0.39, 0.29) is 18.9 Å². The van der Waals surface area contributed by atoms with Crippen LogP contribution in [0.1, 0.15) is 19.4 Å². The lowest BCUT2D eigenvalue weighted by atomic mass is 10.1. The molecule has 0 unspecified atom stereocenters. The van der Waals surface area contributed by atoms with E-state index in [9.17, 15) is 18.0 Å². The number of amides is 2. The van der Waals surface area contributed by atoms with Crippen LogP contribution >= 0.6 is 0 Å². The van der Waals surface area contributed by atoms with Crippen LogP contribution in [0, 0.1) is 0 Å². The molecule has 2 aromatic rings. The van der Waals surface area contributed by atoms with E-state index in [0.717, 1.165) is 10.2 Å². The third kappa shape index (κ3) is 4.87. The zero-order valence-corrected chi connectivity index (χ0v) is 15.7. The molecular formula is C18H21F3N4O3. The maximum atomic E-state index is 12.7.